The molecule has 1 fully saturated rings. The standard InChI is InChI=1S/C60H42N2O/c1-3-13-38(14-4-1)39-21-25-42(26-22-39)61-55-30-24-40(33-50(55)51-36-53-49(37-57(51)61)44-15-5-8-18-52(44)60(53)31-11-2-12-32-60)41-23-28-46-45-16-6-9-19-54(45)62(56(46)34-41)43-27-29-48-47-17-7-10-20-58(47)63-59(48)35-43/h1,3-10,13-30,33-37H,2,11-12,31-32H2. The van der Waals surface area contributed by atoms with Crippen molar-refractivity contribution >= 4 is 65.6 Å². The Morgan fingerprint density at radius 2 is 0.937 bits per heavy atom. The minimum absolute atomic E-state index is 0.0750. The van der Waals surface area contributed by atoms with Gasteiger partial charge < -0.3 is 13.6 Å². The van der Waals surface area contributed by atoms with E-state index < -0.39 is 0 Å². The van der Waals surface area contributed by atoms with E-state index in [1.165, 1.54) is 126 Å². The summed E-state index contributed by atoms with van der Waals surface area (Å²) in [5, 5.41) is 7.38. The van der Waals surface area contributed by atoms with Crippen LogP contribution in [0.15, 0.2) is 199 Å². The summed E-state index contributed by atoms with van der Waals surface area (Å²) >= 11 is 0. The number of furan rings is 1. The molecule has 9 aromatic carbocycles. The molecule has 0 radical (unpaired) electrons. The van der Waals surface area contributed by atoms with Crippen molar-refractivity contribution in [1.29, 1.82) is 0 Å². The average Bonchev–Trinajstić information content (AvgIpc) is 4.06. The van der Waals surface area contributed by atoms with E-state index in [1.54, 1.807) is 0 Å². The molecule has 3 nitrogen and oxygen atoms in total. The van der Waals surface area contributed by atoms with Crippen LogP contribution in [0.25, 0.3) is 110 Å². The number of benzene rings is 9. The molecule has 0 amide bonds. The van der Waals surface area contributed by atoms with Gasteiger partial charge in [-0.25, -0.2) is 0 Å². The summed E-state index contributed by atoms with van der Waals surface area (Å²) in [4.78, 5) is 0. The first-order valence-electron chi connectivity index (χ1n) is 22.5. The molecule has 0 saturated heterocycles. The lowest BCUT2D eigenvalue weighted by atomic mass is 9.68. The Kier molecular flexibility index (Phi) is 7.33. The number of hydrogen-bond donors (Lipinski definition) is 0. The Morgan fingerprint density at radius 1 is 0.333 bits per heavy atom. The fraction of sp³-hybridized carbons (Fsp3) is 0.100. The van der Waals surface area contributed by atoms with Crippen LogP contribution in [0.2, 0.25) is 0 Å². The fourth-order valence-corrected chi connectivity index (χ4v) is 11.8. The van der Waals surface area contributed by atoms with Gasteiger partial charge in [0.15, 0.2) is 0 Å². The maximum atomic E-state index is 6.41. The van der Waals surface area contributed by atoms with E-state index in [4.69, 9.17) is 4.42 Å². The van der Waals surface area contributed by atoms with Crippen LogP contribution >= 0.6 is 0 Å². The number of hydrogen-bond acceptors (Lipinski definition) is 1. The minimum Gasteiger partial charge on any atom is -0.456 e. The highest BCUT2D eigenvalue weighted by atomic mass is 16.3. The highest BCUT2D eigenvalue weighted by molar-refractivity contribution is 6.14. The monoisotopic (exact) mass is 806 g/mol. The molecule has 63 heavy (non-hydrogen) atoms. The van der Waals surface area contributed by atoms with Crippen LogP contribution in [0.5, 0.6) is 0 Å². The van der Waals surface area contributed by atoms with Crippen molar-refractivity contribution in [1.82, 2.24) is 9.13 Å². The van der Waals surface area contributed by atoms with Gasteiger partial charge in [0.05, 0.1) is 22.1 Å². The van der Waals surface area contributed by atoms with E-state index in [-0.39, 0.29) is 5.41 Å². The lowest BCUT2D eigenvalue weighted by Gasteiger charge is -2.36. The molecule has 14 rings (SSSR count). The maximum Gasteiger partial charge on any atom is 0.137 e. The number of rotatable bonds is 4. The summed E-state index contributed by atoms with van der Waals surface area (Å²) in [5.41, 5.74) is 19.7. The molecule has 0 aliphatic heterocycles. The minimum atomic E-state index is 0.0750. The summed E-state index contributed by atoms with van der Waals surface area (Å²) < 4.78 is 11.3. The predicted molar refractivity (Wildman–Crippen MR) is 263 cm³/mol. The van der Waals surface area contributed by atoms with Crippen LogP contribution in [0.1, 0.15) is 43.2 Å². The molecular weight excluding hydrogens is 765 g/mol. The molecular formula is C60H42N2O. The van der Waals surface area contributed by atoms with E-state index in [2.05, 4.69) is 197 Å². The Morgan fingerprint density at radius 3 is 1.83 bits per heavy atom. The second kappa shape index (κ2) is 13.2. The number of aromatic nitrogens is 2. The third-order valence-electron chi connectivity index (χ3n) is 14.7. The van der Waals surface area contributed by atoms with E-state index in [9.17, 15) is 0 Å². The zero-order valence-electron chi connectivity index (χ0n) is 34.8. The van der Waals surface area contributed by atoms with E-state index >= 15 is 0 Å². The zero-order valence-corrected chi connectivity index (χ0v) is 34.8. The van der Waals surface area contributed by atoms with Gasteiger partial charge in [-0.1, -0.05) is 141 Å². The molecule has 0 atom stereocenters. The van der Waals surface area contributed by atoms with Crippen molar-refractivity contribution in [3.8, 4) is 44.8 Å². The van der Waals surface area contributed by atoms with Crippen LogP contribution in [0.4, 0.5) is 0 Å². The molecule has 2 aliphatic rings. The Bertz CT molecular complexity index is 3820. The summed E-state index contributed by atoms with van der Waals surface area (Å²) in [5.74, 6) is 0. The van der Waals surface area contributed by atoms with Gasteiger partial charge in [0.1, 0.15) is 11.2 Å². The molecule has 3 heteroatoms. The lowest BCUT2D eigenvalue weighted by Crippen LogP contribution is -2.27. The molecule has 1 saturated carbocycles. The van der Waals surface area contributed by atoms with Crippen molar-refractivity contribution in [3.05, 3.63) is 205 Å². The molecule has 0 unspecified atom stereocenters. The zero-order chi connectivity index (χ0) is 41.2. The maximum absolute atomic E-state index is 6.41. The summed E-state index contributed by atoms with van der Waals surface area (Å²) in [6.07, 6.45) is 6.30. The predicted octanol–water partition coefficient (Wildman–Crippen LogP) is 16.3. The third kappa shape index (κ3) is 5.02. The SMILES string of the molecule is c1ccc(-c2ccc(-n3c4ccc(-c5ccc6c7ccccc7n(-c7ccc8c(c7)oc7ccccc78)c6c5)cc4c4cc5c(cc43)-c3ccccc3C53CCCCC3)cc2)cc1. The van der Waals surface area contributed by atoms with Gasteiger partial charge in [-0.3, -0.25) is 0 Å². The molecule has 0 bridgehead atoms. The van der Waals surface area contributed by atoms with Crippen molar-refractivity contribution in [3.63, 3.8) is 0 Å². The highest BCUT2D eigenvalue weighted by Crippen LogP contribution is 2.57. The largest absolute Gasteiger partial charge is 0.456 e. The Balaban J connectivity index is 0.984. The second-order valence-electron chi connectivity index (χ2n) is 17.9. The third-order valence-corrected chi connectivity index (χ3v) is 14.7. The summed E-state index contributed by atoms with van der Waals surface area (Å²) in [6, 6.07) is 72.2. The van der Waals surface area contributed by atoms with E-state index in [1.807, 2.05) is 6.07 Å². The summed E-state index contributed by atoms with van der Waals surface area (Å²) in [6.45, 7) is 0. The average molecular weight is 807 g/mol. The van der Waals surface area contributed by atoms with E-state index in [0.29, 0.717) is 0 Å². The molecule has 12 aromatic rings. The molecule has 1 spiro atoms. The Labute approximate surface area is 365 Å². The first kappa shape index (κ1) is 35.0. The molecule has 0 N–H and O–H groups in total. The van der Waals surface area contributed by atoms with Gasteiger partial charge in [0, 0.05) is 55.2 Å². The molecule has 3 aromatic heterocycles. The molecule has 298 valence electrons. The normalized spacial score (nSPS) is 14.5. The highest BCUT2D eigenvalue weighted by Gasteiger charge is 2.44. The smallest absolute Gasteiger partial charge is 0.137 e. The lowest BCUT2D eigenvalue weighted by molar-refractivity contribution is 0.353. The van der Waals surface area contributed by atoms with Gasteiger partial charge in [0.2, 0.25) is 0 Å². The van der Waals surface area contributed by atoms with Crippen LogP contribution in [-0.4, -0.2) is 9.13 Å². The first-order valence-corrected chi connectivity index (χ1v) is 22.5. The van der Waals surface area contributed by atoms with Crippen molar-refractivity contribution in [2.45, 2.75) is 37.5 Å². The van der Waals surface area contributed by atoms with Gasteiger partial charge in [-0.15, -0.1) is 0 Å². The van der Waals surface area contributed by atoms with Crippen LogP contribution in [-0.2, 0) is 5.41 Å². The molecule has 3 heterocycles. The van der Waals surface area contributed by atoms with Crippen LogP contribution in [0, 0.1) is 0 Å². The van der Waals surface area contributed by atoms with Crippen molar-refractivity contribution in [2.75, 3.05) is 0 Å². The second-order valence-corrected chi connectivity index (χ2v) is 17.9. The summed E-state index contributed by atoms with van der Waals surface area (Å²) in [7, 11) is 0. The number of para-hydroxylation sites is 2. The first-order chi connectivity index (χ1) is 31.2. The van der Waals surface area contributed by atoms with Crippen LogP contribution < -0.4 is 0 Å². The van der Waals surface area contributed by atoms with Gasteiger partial charge in [-0.05, 0) is 124 Å². The quantitative estimate of drug-likeness (QED) is 0.174. The van der Waals surface area contributed by atoms with Gasteiger partial charge >= 0.3 is 0 Å². The van der Waals surface area contributed by atoms with Gasteiger partial charge in [0.25, 0.3) is 0 Å². The van der Waals surface area contributed by atoms with Crippen molar-refractivity contribution < 1.29 is 4.42 Å². The van der Waals surface area contributed by atoms with Crippen molar-refractivity contribution in [2.24, 2.45) is 0 Å². The fourth-order valence-electron chi connectivity index (χ4n) is 11.8. The van der Waals surface area contributed by atoms with Crippen LogP contribution in [0.3, 0.4) is 0 Å². The topological polar surface area (TPSA) is 23.0 Å². The molecule has 2 aliphatic carbocycles. The number of fused-ring (bicyclic) bond motifs is 14. The van der Waals surface area contributed by atoms with E-state index in [0.717, 1.165) is 27.6 Å². The number of nitrogens with zero attached hydrogens (tertiary/aromatic N) is 2. The Hall–Kier alpha value is -7.62. The van der Waals surface area contributed by atoms with Gasteiger partial charge in [-0.2, -0.15) is 0 Å².